The van der Waals surface area contributed by atoms with Crippen molar-refractivity contribution in [2.75, 3.05) is 43.6 Å². The zero-order chi connectivity index (χ0) is 14.3. The monoisotopic (exact) mass is 267 g/mol. The van der Waals surface area contributed by atoms with Crippen molar-refractivity contribution in [2.24, 2.45) is 0 Å². The van der Waals surface area contributed by atoms with Gasteiger partial charge in [-0.2, -0.15) is 0 Å². The number of hydrogen-bond acceptors (Lipinski definition) is 5. The lowest BCUT2D eigenvalue weighted by Gasteiger charge is -2.23. The molecule has 1 aromatic rings. The highest BCUT2D eigenvalue weighted by atomic mass is 16.6. The molecule has 1 rings (SSSR count). The van der Waals surface area contributed by atoms with E-state index in [1.807, 2.05) is 24.8 Å². The zero-order valence-electron chi connectivity index (χ0n) is 11.7. The summed E-state index contributed by atoms with van der Waals surface area (Å²) in [5.41, 5.74) is 1.31. The normalized spacial score (nSPS) is 10.3. The number of nitrogens with zero attached hydrogens (tertiary/aromatic N) is 2. The summed E-state index contributed by atoms with van der Waals surface area (Å²) in [7, 11) is 1.62. The predicted molar refractivity (Wildman–Crippen MR) is 77.0 cm³/mol. The van der Waals surface area contributed by atoms with Gasteiger partial charge in [0.25, 0.3) is 0 Å². The Morgan fingerprint density at radius 1 is 1.42 bits per heavy atom. The number of anilines is 2. The van der Waals surface area contributed by atoms with Crippen LogP contribution in [0.4, 0.5) is 17.1 Å². The molecule has 19 heavy (non-hydrogen) atoms. The Kier molecular flexibility index (Phi) is 6.08. The van der Waals surface area contributed by atoms with E-state index in [2.05, 4.69) is 5.32 Å². The first-order chi connectivity index (χ1) is 9.15. The lowest BCUT2D eigenvalue weighted by atomic mass is 10.2. The number of benzene rings is 1. The second-order valence-corrected chi connectivity index (χ2v) is 4.03. The van der Waals surface area contributed by atoms with Crippen molar-refractivity contribution in [1.29, 1.82) is 0 Å². The number of ether oxygens (including phenoxy) is 1. The quantitative estimate of drug-likeness (QED) is 0.579. The first-order valence-electron chi connectivity index (χ1n) is 6.40. The minimum Gasteiger partial charge on any atom is -0.383 e. The molecule has 1 N–H and O–H groups in total. The van der Waals surface area contributed by atoms with E-state index in [0.717, 1.165) is 0 Å². The summed E-state index contributed by atoms with van der Waals surface area (Å²) in [6, 6.07) is 5.34. The van der Waals surface area contributed by atoms with Gasteiger partial charge in [-0.1, -0.05) is 6.07 Å². The molecule has 0 aliphatic rings. The molecule has 0 atom stereocenters. The van der Waals surface area contributed by atoms with E-state index in [1.54, 1.807) is 19.2 Å². The molecule has 0 amide bonds. The van der Waals surface area contributed by atoms with Crippen molar-refractivity contribution in [3.05, 3.63) is 28.3 Å². The van der Waals surface area contributed by atoms with Gasteiger partial charge in [0.05, 0.1) is 11.5 Å². The van der Waals surface area contributed by atoms with Crippen LogP contribution in [0.1, 0.15) is 13.8 Å². The number of nitro benzene ring substituents is 1. The number of nitro groups is 1. The van der Waals surface area contributed by atoms with Gasteiger partial charge in [0, 0.05) is 26.7 Å². The SMILES string of the molecule is CCNc1cccc(N(CC)CCOC)c1[N+](=O)[O-]. The number of likely N-dealkylation sites (N-methyl/N-ethyl adjacent to an activating group) is 1. The molecule has 0 aromatic heterocycles. The largest absolute Gasteiger partial charge is 0.383 e. The smallest absolute Gasteiger partial charge is 0.315 e. The first kappa shape index (κ1) is 15.2. The molecule has 106 valence electrons. The van der Waals surface area contributed by atoms with E-state index in [0.29, 0.717) is 37.6 Å². The lowest BCUT2D eigenvalue weighted by Crippen LogP contribution is -2.27. The van der Waals surface area contributed by atoms with E-state index < -0.39 is 0 Å². The van der Waals surface area contributed by atoms with Gasteiger partial charge in [0.2, 0.25) is 0 Å². The van der Waals surface area contributed by atoms with Crippen LogP contribution in [0, 0.1) is 10.1 Å². The van der Waals surface area contributed by atoms with Gasteiger partial charge in [0.15, 0.2) is 0 Å². The van der Waals surface area contributed by atoms with Gasteiger partial charge in [-0.05, 0) is 26.0 Å². The molecule has 0 unspecified atom stereocenters. The Balaban J connectivity index is 3.16. The molecular weight excluding hydrogens is 246 g/mol. The van der Waals surface area contributed by atoms with Crippen LogP contribution in [-0.4, -0.2) is 38.3 Å². The third kappa shape index (κ3) is 3.82. The van der Waals surface area contributed by atoms with Gasteiger partial charge in [0.1, 0.15) is 11.4 Å². The van der Waals surface area contributed by atoms with E-state index in [1.165, 1.54) is 0 Å². The maximum Gasteiger partial charge on any atom is 0.315 e. The summed E-state index contributed by atoms with van der Waals surface area (Å²) < 4.78 is 5.05. The summed E-state index contributed by atoms with van der Waals surface area (Å²) in [4.78, 5) is 12.9. The Morgan fingerprint density at radius 2 is 2.16 bits per heavy atom. The van der Waals surface area contributed by atoms with Crippen molar-refractivity contribution in [1.82, 2.24) is 0 Å². The highest BCUT2D eigenvalue weighted by Crippen LogP contribution is 2.35. The number of para-hydroxylation sites is 1. The summed E-state index contributed by atoms with van der Waals surface area (Å²) in [5, 5.41) is 14.4. The van der Waals surface area contributed by atoms with Crippen molar-refractivity contribution in [2.45, 2.75) is 13.8 Å². The van der Waals surface area contributed by atoms with Gasteiger partial charge in [-0.15, -0.1) is 0 Å². The number of hydrogen-bond donors (Lipinski definition) is 1. The summed E-state index contributed by atoms with van der Waals surface area (Å²) in [6.07, 6.45) is 0. The van der Waals surface area contributed by atoms with Crippen molar-refractivity contribution in [3.8, 4) is 0 Å². The van der Waals surface area contributed by atoms with E-state index >= 15 is 0 Å². The highest BCUT2D eigenvalue weighted by molar-refractivity contribution is 5.77. The topological polar surface area (TPSA) is 67.6 Å². The van der Waals surface area contributed by atoms with E-state index in [-0.39, 0.29) is 10.6 Å². The molecule has 0 radical (unpaired) electrons. The minimum atomic E-state index is -0.331. The molecule has 0 saturated heterocycles. The van der Waals surface area contributed by atoms with Gasteiger partial charge in [-0.3, -0.25) is 10.1 Å². The summed E-state index contributed by atoms with van der Waals surface area (Å²) in [6.45, 7) is 6.40. The van der Waals surface area contributed by atoms with Crippen LogP contribution in [0.25, 0.3) is 0 Å². The summed E-state index contributed by atoms with van der Waals surface area (Å²) in [5.74, 6) is 0. The van der Waals surface area contributed by atoms with Gasteiger partial charge < -0.3 is 15.0 Å². The van der Waals surface area contributed by atoms with Crippen LogP contribution in [0.15, 0.2) is 18.2 Å². The van der Waals surface area contributed by atoms with Crippen LogP contribution in [-0.2, 0) is 4.74 Å². The number of methoxy groups -OCH3 is 1. The third-order valence-electron chi connectivity index (χ3n) is 2.85. The van der Waals surface area contributed by atoms with Gasteiger partial charge >= 0.3 is 5.69 Å². The van der Waals surface area contributed by atoms with Crippen LogP contribution >= 0.6 is 0 Å². The van der Waals surface area contributed by atoms with Crippen LogP contribution in [0.3, 0.4) is 0 Å². The second kappa shape index (κ2) is 7.58. The molecule has 0 aliphatic carbocycles. The van der Waals surface area contributed by atoms with Gasteiger partial charge in [-0.25, -0.2) is 0 Å². The maximum atomic E-state index is 11.3. The Bertz CT molecular complexity index is 424. The average Bonchev–Trinajstić information content (AvgIpc) is 2.40. The minimum absolute atomic E-state index is 0.127. The lowest BCUT2D eigenvalue weighted by molar-refractivity contribution is -0.383. The molecule has 0 aliphatic heterocycles. The van der Waals surface area contributed by atoms with E-state index in [9.17, 15) is 10.1 Å². The first-order valence-corrected chi connectivity index (χ1v) is 6.40. The fourth-order valence-electron chi connectivity index (χ4n) is 1.96. The number of rotatable bonds is 8. The molecular formula is C13H21N3O3. The predicted octanol–water partition coefficient (Wildman–Crippen LogP) is 2.50. The van der Waals surface area contributed by atoms with Crippen LogP contribution < -0.4 is 10.2 Å². The molecule has 1 aromatic carbocycles. The van der Waals surface area contributed by atoms with Crippen molar-refractivity contribution < 1.29 is 9.66 Å². The Hall–Kier alpha value is -1.82. The third-order valence-corrected chi connectivity index (χ3v) is 2.85. The van der Waals surface area contributed by atoms with Crippen LogP contribution in [0.5, 0.6) is 0 Å². The average molecular weight is 267 g/mol. The molecule has 6 nitrogen and oxygen atoms in total. The Morgan fingerprint density at radius 3 is 2.68 bits per heavy atom. The summed E-state index contributed by atoms with van der Waals surface area (Å²) >= 11 is 0. The highest BCUT2D eigenvalue weighted by Gasteiger charge is 2.22. The molecule has 0 bridgehead atoms. The molecule has 0 saturated carbocycles. The van der Waals surface area contributed by atoms with Crippen molar-refractivity contribution in [3.63, 3.8) is 0 Å². The molecule has 6 heteroatoms. The molecule has 0 spiro atoms. The van der Waals surface area contributed by atoms with Crippen molar-refractivity contribution >= 4 is 17.1 Å². The van der Waals surface area contributed by atoms with E-state index in [4.69, 9.17) is 4.74 Å². The van der Waals surface area contributed by atoms with Crippen LogP contribution in [0.2, 0.25) is 0 Å². The number of nitrogens with one attached hydrogen (secondary N) is 1. The Labute approximate surface area is 113 Å². The fraction of sp³-hybridized carbons (Fsp3) is 0.538. The second-order valence-electron chi connectivity index (χ2n) is 4.03. The molecule has 0 fully saturated rings. The molecule has 0 heterocycles. The zero-order valence-corrected chi connectivity index (χ0v) is 11.7. The maximum absolute atomic E-state index is 11.3. The standard InChI is InChI=1S/C13H21N3O3/c1-4-14-11-7-6-8-12(13(11)16(17)18)15(5-2)9-10-19-3/h6-8,14H,4-5,9-10H2,1-3H3. The fourth-order valence-corrected chi connectivity index (χ4v) is 1.96.